The SMILES string of the molecule is N=C(N[C@@H]1N=C(c2ccccc2)c2ccccc2NC1=O)OC(=N)/C(=C/NCC(F)(F)F)C(=N)N1CCOCC1. The van der Waals surface area contributed by atoms with E-state index in [-0.39, 0.29) is 24.5 Å². The average Bonchev–Trinajstić information content (AvgIpc) is 3.07. The Morgan fingerprint density at radius 1 is 1.10 bits per heavy atom. The molecule has 1 saturated heterocycles. The van der Waals surface area contributed by atoms with Crippen LogP contribution < -0.4 is 16.0 Å². The summed E-state index contributed by atoms with van der Waals surface area (Å²) in [6.07, 6.45) is -5.02. The van der Waals surface area contributed by atoms with E-state index in [0.29, 0.717) is 30.2 Å². The standard InChI is InChI=1S/C26H27F3N8O3/c27-26(28,29)15-33-14-18(21(30)37-10-12-39-13-11-37)22(31)40-25(32)36-23-24(38)34-19-9-5-4-8-17(19)20(35-23)16-6-2-1-3-7-16/h1-9,14,23,30-31,33H,10-13,15H2,(H2,32,36)(H,34,38)/b18-14+,30-21?,31-22?/t23-/m0/s1. The monoisotopic (exact) mass is 556 g/mol. The van der Waals surface area contributed by atoms with Crippen molar-refractivity contribution in [2.45, 2.75) is 12.3 Å². The highest BCUT2D eigenvalue weighted by atomic mass is 19.4. The number of halogens is 3. The highest BCUT2D eigenvalue weighted by molar-refractivity contribution is 6.21. The van der Waals surface area contributed by atoms with Crippen LogP contribution in [0, 0.1) is 16.2 Å². The lowest BCUT2D eigenvalue weighted by Gasteiger charge is -2.30. The lowest BCUT2D eigenvalue weighted by molar-refractivity contribution is -0.122. The number of aliphatic imine (C=N–C) groups is 1. The van der Waals surface area contributed by atoms with E-state index >= 15 is 0 Å². The summed E-state index contributed by atoms with van der Waals surface area (Å²) in [6.45, 7) is -0.206. The van der Waals surface area contributed by atoms with Crippen molar-refractivity contribution >= 4 is 35.1 Å². The molecular weight excluding hydrogens is 529 g/mol. The lowest BCUT2D eigenvalue weighted by atomic mass is 10.0. The van der Waals surface area contributed by atoms with E-state index in [1.54, 1.807) is 24.3 Å². The van der Waals surface area contributed by atoms with Crippen molar-refractivity contribution in [3.8, 4) is 0 Å². The summed E-state index contributed by atoms with van der Waals surface area (Å²) in [5.41, 5.74) is 2.05. The number of anilines is 1. The fraction of sp³-hybridized carbons (Fsp3) is 0.269. The minimum Gasteiger partial charge on any atom is -0.407 e. The largest absolute Gasteiger partial charge is 0.407 e. The molecule has 4 rings (SSSR count). The fourth-order valence-corrected chi connectivity index (χ4v) is 3.96. The molecule has 0 unspecified atom stereocenters. The number of amidine groups is 2. The molecule has 6 N–H and O–H groups in total. The molecule has 0 bridgehead atoms. The summed E-state index contributed by atoms with van der Waals surface area (Å²) < 4.78 is 48.6. The van der Waals surface area contributed by atoms with Gasteiger partial charge in [0.15, 0.2) is 0 Å². The average molecular weight is 557 g/mol. The van der Waals surface area contributed by atoms with Crippen molar-refractivity contribution in [3.63, 3.8) is 0 Å². The molecule has 210 valence electrons. The smallest absolute Gasteiger partial charge is 0.405 e. The van der Waals surface area contributed by atoms with Crippen LogP contribution in [-0.2, 0) is 14.3 Å². The van der Waals surface area contributed by atoms with Gasteiger partial charge in [-0.3, -0.25) is 21.0 Å². The molecule has 1 atom stereocenters. The summed E-state index contributed by atoms with van der Waals surface area (Å²) in [5, 5.41) is 32.3. The molecule has 11 nitrogen and oxygen atoms in total. The molecule has 1 amide bonds. The van der Waals surface area contributed by atoms with Gasteiger partial charge in [0.25, 0.3) is 11.9 Å². The van der Waals surface area contributed by atoms with Crippen LogP contribution in [0.25, 0.3) is 0 Å². The molecule has 1 fully saturated rings. The van der Waals surface area contributed by atoms with Crippen LogP contribution >= 0.6 is 0 Å². The van der Waals surface area contributed by atoms with E-state index in [2.05, 4.69) is 15.6 Å². The predicted octanol–water partition coefficient (Wildman–Crippen LogP) is 2.67. The van der Waals surface area contributed by atoms with Gasteiger partial charge in [0.2, 0.25) is 12.1 Å². The number of nitrogens with one attached hydrogen (secondary N) is 6. The highest BCUT2D eigenvalue weighted by Gasteiger charge is 2.29. The number of rotatable bonds is 6. The van der Waals surface area contributed by atoms with Crippen LogP contribution in [0.2, 0.25) is 0 Å². The molecule has 2 aromatic rings. The summed E-state index contributed by atoms with van der Waals surface area (Å²) in [6, 6.07) is 15.4. The molecule has 40 heavy (non-hydrogen) atoms. The maximum atomic E-state index is 13.0. The van der Waals surface area contributed by atoms with Gasteiger partial charge in [0, 0.05) is 30.4 Å². The number of ether oxygens (including phenoxy) is 2. The second-order valence-corrected chi connectivity index (χ2v) is 8.69. The van der Waals surface area contributed by atoms with Gasteiger partial charge in [0.05, 0.1) is 30.2 Å². The molecule has 0 spiro atoms. The maximum Gasteiger partial charge on any atom is 0.405 e. The van der Waals surface area contributed by atoms with E-state index in [0.717, 1.165) is 11.8 Å². The van der Waals surface area contributed by atoms with E-state index in [9.17, 15) is 18.0 Å². The Bertz CT molecular complexity index is 1340. The second kappa shape index (κ2) is 12.4. The van der Waals surface area contributed by atoms with Crippen molar-refractivity contribution < 1.29 is 27.4 Å². The van der Waals surface area contributed by atoms with Gasteiger partial charge in [-0.15, -0.1) is 0 Å². The number of fused-ring (bicyclic) bond motifs is 1. The quantitative estimate of drug-likeness (QED) is 0.237. The number of benzodiazepines with no additional fused rings is 1. The maximum absolute atomic E-state index is 13.0. The third-order valence-corrected chi connectivity index (χ3v) is 5.84. The highest BCUT2D eigenvalue weighted by Crippen LogP contribution is 2.23. The van der Waals surface area contributed by atoms with E-state index < -0.39 is 36.7 Å². The summed E-state index contributed by atoms with van der Waals surface area (Å²) >= 11 is 0. The van der Waals surface area contributed by atoms with E-state index in [4.69, 9.17) is 25.7 Å². The van der Waals surface area contributed by atoms with Crippen molar-refractivity contribution in [1.82, 2.24) is 15.5 Å². The molecular formula is C26H27F3N8O3. The van der Waals surface area contributed by atoms with Crippen LogP contribution in [-0.4, -0.2) is 79.5 Å². The second-order valence-electron chi connectivity index (χ2n) is 8.69. The number of morpholine rings is 1. The van der Waals surface area contributed by atoms with Gasteiger partial charge in [-0.1, -0.05) is 48.5 Å². The van der Waals surface area contributed by atoms with Crippen LogP contribution in [0.5, 0.6) is 0 Å². The fourth-order valence-electron chi connectivity index (χ4n) is 3.96. The van der Waals surface area contributed by atoms with Gasteiger partial charge < -0.3 is 30.3 Å². The van der Waals surface area contributed by atoms with Crippen molar-refractivity contribution in [3.05, 3.63) is 77.5 Å². The first-order valence-electron chi connectivity index (χ1n) is 12.2. The van der Waals surface area contributed by atoms with Gasteiger partial charge in [-0.2, -0.15) is 13.2 Å². The first-order valence-corrected chi connectivity index (χ1v) is 12.2. The molecule has 2 aliphatic rings. The molecule has 14 heteroatoms. The van der Waals surface area contributed by atoms with Crippen LogP contribution in [0.15, 0.2) is 71.4 Å². The summed E-state index contributed by atoms with van der Waals surface area (Å²) in [5.74, 6) is -1.64. The Morgan fingerprint density at radius 3 is 2.48 bits per heavy atom. The molecule has 2 aliphatic heterocycles. The van der Waals surface area contributed by atoms with Crippen molar-refractivity contribution in [2.75, 3.05) is 38.2 Å². The number of nitrogens with zero attached hydrogens (tertiary/aromatic N) is 2. The summed E-state index contributed by atoms with van der Waals surface area (Å²) in [7, 11) is 0. The number of amides is 1. The predicted molar refractivity (Wildman–Crippen MR) is 143 cm³/mol. The number of para-hydroxylation sites is 1. The molecule has 0 aliphatic carbocycles. The Labute approximate surface area is 227 Å². The van der Waals surface area contributed by atoms with E-state index in [1.807, 2.05) is 35.6 Å². The number of alkyl halides is 3. The third-order valence-electron chi connectivity index (χ3n) is 5.84. The zero-order valence-electron chi connectivity index (χ0n) is 21.1. The third kappa shape index (κ3) is 7.22. The Hall–Kier alpha value is -4.72. The molecule has 0 aromatic heterocycles. The Kier molecular flexibility index (Phi) is 8.79. The first kappa shape index (κ1) is 28.3. The minimum absolute atomic E-state index is 0.275. The van der Waals surface area contributed by atoms with Gasteiger partial charge >= 0.3 is 6.18 Å². The number of benzene rings is 2. The minimum atomic E-state index is -4.53. The lowest BCUT2D eigenvalue weighted by Crippen LogP contribution is -2.45. The Balaban J connectivity index is 1.53. The molecule has 2 aromatic carbocycles. The van der Waals surface area contributed by atoms with Crippen LogP contribution in [0.1, 0.15) is 11.1 Å². The van der Waals surface area contributed by atoms with Gasteiger partial charge in [0.1, 0.15) is 12.4 Å². The van der Waals surface area contributed by atoms with Crippen LogP contribution in [0.4, 0.5) is 18.9 Å². The van der Waals surface area contributed by atoms with Gasteiger partial charge in [-0.05, 0) is 6.07 Å². The van der Waals surface area contributed by atoms with Gasteiger partial charge in [-0.25, -0.2) is 4.99 Å². The molecule has 0 radical (unpaired) electrons. The summed E-state index contributed by atoms with van der Waals surface area (Å²) in [4.78, 5) is 19.0. The van der Waals surface area contributed by atoms with Crippen molar-refractivity contribution in [1.29, 1.82) is 16.2 Å². The normalized spacial score (nSPS) is 17.5. The number of carbonyl (C=O) groups excluding carboxylic acids is 1. The van der Waals surface area contributed by atoms with Crippen molar-refractivity contribution in [2.24, 2.45) is 4.99 Å². The zero-order chi connectivity index (χ0) is 28.7. The van der Waals surface area contributed by atoms with Crippen LogP contribution in [0.3, 0.4) is 0 Å². The number of carbonyl (C=O) groups is 1. The first-order chi connectivity index (χ1) is 19.1. The molecule has 0 saturated carbocycles. The number of hydrogen-bond donors (Lipinski definition) is 6. The van der Waals surface area contributed by atoms with E-state index in [1.165, 1.54) is 4.90 Å². The topological polar surface area (TPSA) is 159 Å². The Morgan fingerprint density at radius 2 is 1.77 bits per heavy atom. The zero-order valence-corrected chi connectivity index (χ0v) is 21.1. The molecule has 2 heterocycles. The number of hydrogen-bond acceptors (Lipinski definition) is 8.